The van der Waals surface area contributed by atoms with Crippen LogP contribution in [0.5, 0.6) is 0 Å². The molecule has 1 N–H and O–H groups in total. The van der Waals surface area contributed by atoms with Crippen LogP contribution in [0.3, 0.4) is 0 Å². The topological polar surface area (TPSA) is 12.0 Å². The van der Waals surface area contributed by atoms with Crippen LogP contribution >= 0.6 is 11.8 Å². The lowest BCUT2D eigenvalue weighted by Gasteiger charge is -2.33. The van der Waals surface area contributed by atoms with Crippen molar-refractivity contribution in [1.82, 2.24) is 5.32 Å². The normalized spacial score (nSPS) is 39.5. The Morgan fingerprint density at radius 3 is 2.08 bits per heavy atom. The molecule has 0 aromatic rings. The van der Waals surface area contributed by atoms with Crippen molar-refractivity contribution >= 4 is 11.8 Å². The molecular formula is C11H21NS. The summed E-state index contributed by atoms with van der Waals surface area (Å²) in [7, 11) is 0. The Hall–Kier alpha value is 0.310. The molecule has 2 heterocycles. The molecule has 2 heteroatoms. The maximum absolute atomic E-state index is 3.69. The Bertz CT molecular complexity index is 173. The van der Waals surface area contributed by atoms with Gasteiger partial charge in [0.05, 0.1) is 0 Å². The van der Waals surface area contributed by atoms with Gasteiger partial charge in [-0.05, 0) is 25.7 Å². The standard InChI is InChI=1S/C11H21NS/c1-11(2,3)13-10-6-8-4-5-9(7-10)12-8/h8-10,12H,4-7H2,1-3H3/t8-,9+,10?. The molecule has 0 aliphatic carbocycles. The van der Waals surface area contributed by atoms with Gasteiger partial charge in [-0.3, -0.25) is 0 Å². The van der Waals surface area contributed by atoms with Crippen molar-refractivity contribution in [2.24, 2.45) is 0 Å². The summed E-state index contributed by atoms with van der Waals surface area (Å²) < 4.78 is 0.446. The summed E-state index contributed by atoms with van der Waals surface area (Å²) >= 11 is 2.19. The molecule has 1 unspecified atom stereocenters. The van der Waals surface area contributed by atoms with E-state index in [0.717, 1.165) is 17.3 Å². The minimum atomic E-state index is 0.446. The maximum atomic E-state index is 3.69. The summed E-state index contributed by atoms with van der Waals surface area (Å²) in [5, 5.41) is 4.61. The number of rotatable bonds is 1. The first-order valence-corrected chi connectivity index (χ1v) is 6.35. The molecule has 13 heavy (non-hydrogen) atoms. The zero-order valence-corrected chi connectivity index (χ0v) is 9.79. The van der Waals surface area contributed by atoms with Crippen molar-refractivity contribution in [1.29, 1.82) is 0 Å². The smallest absolute Gasteiger partial charge is 0.00819 e. The van der Waals surface area contributed by atoms with Gasteiger partial charge in [-0.1, -0.05) is 20.8 Å². The van der Waals surface area contributed by atoms with Crippen LogP contribution in [-0.2, 0) is 0 Å². The Morgan fingerprint density at radius 1 is 1.08 bits per heavy atom. The van der Waals surface area contributed by atoms with Crippen LogP contribution in [0.25, 0.3) is 0 Å². The first-order chi connectivity index (χ1) is 6.03. The lowest BCUT2D eigenvalue weighted by atomic mass is 10.1. The highest BCUT2D eigenvalue weighted by molar-refractivity contribution is 8.01. The van der Waals surface area contributed by atoms with E-state index >= 15 is 0 Å². The minimum Gasteiger partial charge on any atom is -0.311 e. The number of thioether (sulfide) groups is 1. The van der Waals surface area contributed by atoms with E-state index in [1.165, 1.54) is 25.7 Å². The fourth-order valence-corrected chi connectivity index (χ4v) is 4.26. The molecule has 2 bridgehead atoms. The van der Waals surface area contributed by atoms with Gasteiger partial charge in [0.2, 0.25) is 0 Å². The molecule has 2 rings (SSSR count). The second kappa shape index (κ2) is 3.47. The number of nitrogens with one attached hydrogen (secondary N) is 1. The van der Waals surface area contributed by atoms with E-state index in [4.69, 9.17) is 0 Å². The van der Waals surface area contributed by atoms with Crippen LogP contribution in [0, 0.1) is 0 Å². The Labute approximate surface area is 86.0 Å². The van der Waals surface area contributed by atoms with E-state index in [9.17, 15) is 0 Å². The first kappa shape index (κ1) is 9.85. The van der Waals surface area contributed by atoms with Crippen LogP contribution in [0.4, 0.5) is 0 Å². The molecule has 0 radical (unpaired) electrons. The number of hydrogen-bond donors (Lipinski definition) is 1. The van der Waals surface area contributed by atoms with Gasteiger partial charge in [-0.2, -0.15) is 11.8 Å². The molecule has 0 aromatic carbocycles. The molecule has 0 aromatic heterocycles. The summed E-state index contributed by atoms with van der Waals surface area (Å²) in [5.74, 6) is 0. The molecule has 2 saturated heterocycles. The lowest BCUT2D eigenvalue weighted by molar-refractivity contribution is 0.413. The van der Waals surface area contributed by atoms with E-state index < -0.39 is 0 Å². The van der Waals surface area contributed by atoms with Crippen molar-refractivity contribution < 1.29 is 0 Å². The third kappa shape index (κ3) is 2.63. The van der Waals surface area contributed by atoms with E-state index in [1.807, 2.05) is 0 Å². The Balaban J connectivity index is 1.88. The van der Waals surface area contributed by atoms with Gasteiger partial charge in [-0.15, -0.1) is 0 Å². The minimum absolute atomic E-state index is 0.446. The second-order valence-electron chi connectivity index (χ2n) is 5.46. The monoisotopic (exact) mass is 199 g/mol. The summed E-state index contributed by atoms with van der Waals surface area (Å²) in [6.45, 7) is 7.00. The van der Waals surface area contributed by atoms with Crippen molar-refractivity contribution in [2.45, 2.75) is 68.5 Å². The van der Waals surface area contributed by atoms with Gasteiger partial charge < -0.3 is 5.32 Å². The molecule has 2 aliphatic rings. The maximum Gasteiger partial charge on any atom is 0.00819 e. The summed E-state index contributed by atoms with van der Waals surface area (Å²) in [6.07, 6.45) is 5.65. The number of fused-ring (bicyclic) bond motifs is 2. The van der Waals surface area contributed by atoms with Gasteiger partial charge in [0, 0.05) is 22.1 Å². The van der Waals surface area contributed by atoms with Gasteiger partial charge in [-0.25, -0.2) is 0 Å². The molecule has 0 saturated carbocycles. The van der Waals surface area contributed by atoms with Gasteiger partial charge in [0.15, 0.2) is 0 Å². The van der Waals surface area contributed by atoms with Crippen LogP contribution < -0.4 is 5.32 Å². The molecule has 3 atom stereocenters. The molecular weight excluding hydrogens is 178 g/mol. The molecule has 2 fully saturated rings. The van der Waals surface area contributed by atoms with Crippen molar-refractivity contribution in [3.8, 4) is 0 Å². The summed E-state index contributed by atoms with van der Waals surface area (Å²) in [4.78, 5) is 0. The summed E-state index contributed by atoms with van der Waals surface area (Å²) in [6, 6.07) is 1.69. The molecule has 1 nitrogen and oxygen atoms in total. The predicted molar refractivity (Wildman–Crippen MR) is 60.3 cm³/mol. The average Bonchev–Trinajstić information content (AvgIpc) is 2.27. The largest absolute Gasteiger partial charge is 0.311 e. The second-order valence-corrected chi connectivity index (χ2v) is 7.59. The highest BCUT2D eigenvalue weighted by Gasteiger charge is 2.35. The SMILES string of the molecule is CC(C)(C)SC1C[C@H]2CC[C@@H](C1)N2. The van der Waals surface area contributed by atoms with Crippen LogP contribution in [0.1, 0.15) is 46.5 Å². The van der Waals surface area contributed by atoms with Gasteiger partial charge >= 0.3 is 0 Å². The van der Waals surface area contributed by atoms with Crippen molar-refractivity contribution in [2.75, 3.05) is 0 Å². The number of piperidine rings is 1. The summed E-state index contributed by atoms with van der Waals surface area (Å²) in [5.41, 5.74) is 0. The highest BCUT2D eigenvalue weighted by atomic mass is 32.2. The molecule has 0 spiro atoms. The van der Waals surface area contributed by atoms with E-state index in [2.05, 4.69) is 37.8 Å². The average molecular weight is 199 g/mol. The van der Waals surface area contributed by atoms with E-state index in [-0.39, 0.29) is 0 Å². The molecule has 2 aliphatic heterocycles. The van der Waals surface area contributed by atoms with E-state index in [1.54, 1.807) is 0 Å². The van der Waals surface area contributed by atoms with Crippen molar-refractivity contribution in [3.63, 3.8) is 0 Å². The van der Waals surface area contributed by atoms with E-state index in [0.29, 0.717) is 4.75 Å². The zero-order valence-electron chi connectivity index (χ0n) is 8.97. The Morgan fingerprint density at radius 2 is 1.62 bits per heavy atom. The third-order valence-electron chi connectivity index (χ3n) is 2.95. The predicted octanol–water partition coefficient (Wildman–Crippen LogP) is 2.80. The molecule has 0 amide bonds. The third-order valence-corrected chi connectivity index (χ3v) is 4.38. The van der Waals surface area contributed by atoms with Gasteiger partial charge in [0.25, 0.3) is 0 Å². The lowest BCUT2D eigenvalue weighted by Crippen LogP contribution is -2.40. The van der Waals surface area contributed by atoms with Crippen molar-refractivity contribution in [3.05, 3.63) is 0 Å². The van der Waals surface area contributed by atoms with Crippen LogP contribution in [0.2, 0.25) is 0 Å². The first-order valence-electron chi connectivity index (χ1n) is 5.47. The quantitative estimate of drug-likeness (QED) is 0.697. The zero-order chi connectivity index (χ0) is 9.47. The Kier molecular flexibility index (Phi) is 2.63. The van der Waals surface area contributed by atoms with Crippen LogP contribution in [-0.4, -0.2) is 22.1 Å². The number of hydrogen-bond acceptors (Lipinski definition) is 2. The molecule has 76 valence electrons. The fourth-order valence-electron chi connectivity index (χ4n) is 2.60. The highest BCUT2D eigenvalue weighted by Crippen LogP contribution is 2.38. The van der Waals surface area contributed by atoms with Crippen LogP contribution in [0.15, 0.2) is 0 Å². The fraction of sp³-hybridized carbons (Fsp3) is 1.00. The van der Waals surface area contributed by atoms with Gasteiger partial charge in [0.1, 0.15) is 0 Å².